The first-order valence-electron chi connectivity index (χ1n) is 6.63. The van der Waals surface area contributed by atoms with Crippen LogP contribution in [0.1, 0.15) is 22.6 Å². The molecular formula is C17H17ClO3. The number of carboxylic acids is 1. The lowest BCUT2D eigenvalue weighted by Gasteiger charge is -2.16. The minimum atomic E-state index is -0.859. The van der Waals surface area contributed by atoms with Crippen LogP contribution in [-0.4, -0.2) is 18.2 Å². The summed E-state index contributed by atoms with van der Waals surface area (Å²) in [6, 6.07) is 12.8. The third kappa shape index (κ3) is 3.76. The molecule has 0 aliphatic carbocycles. The summed E-state index contributed by atoms with van der Waals surface area (Å²) in [5.41, 5.74) is 2.61. The molecule has 1 unspecified atom stereocenters. The largest absolute Gasteiger partial charge is 0.496 e. The fourth-order valence-corrected chi connectivity index (χ4v) is 2.56. The highest BCUT2D eigenvalue weighted by molar-refractivity contribution is 6.30. The maximum Gasteiger partial charge on any atom is 0.311 e. The van der Waals surface area contributed by atoms with E-state index < -0.39 is 11.9 Å². The maximum atomic E-state index is 11.6. The number of carboxylic acid groups (broad SMARTS) is 1. The summed E-state index contributed by atoms with van der Waals surface area (Å²) in [5.74, 6) is -0.835. The van der Waals surface area contributed by atoms with Crippen LogP contribution in [0.3, 0.4) is 0 Å². The van der Waals surface area contributed by atoms with Crippen molar-refractivity contribution in [2.45, 2.75) is 19.3 Å². The molecule has 0 heterocycles. The molecule has 0 aromatic heterocycles. The molecule has 2 aromatic rings. The van der Waals surface area contributed by atoms with Gasteiger partial charge in [0.05, 0.1) is 13.0 Å². The molecule has 0 radical (unpaired) electrons. The summed E-state index contributed by atoms with van der Waals surface area (Å²) >= 11 is 6.01. The number of rotatable bonds is 5. The van der Waals surface area contributed by atoms with Crippen LogP contribution in [0.2, 0.25) is 5.02 Å². The summed E-state index contributed by atoms with van der Waals surface area (Å²) in [6.45, 7) is 1.95. The first kappa shape index (κ1) is 15.4. The van der Waals surface area contributed by atoms with Crippen LogP contribution >= 0.6 is 11.6 Å². The van der Waals surface area contributed by atoms with Gasteiger partial charge in [-0.15, -0.1) is 0 Å². The number of methoxy groups -OCH3 is 1. The molecule has 0 aliphatic heterocycles. The molecule has 4 heteroatoms. The first-order chi connectivity index (χ1) is 10.0. The van der Waals surface area contributed by atoms with Crippen molar-refractivity contribution < 1.29 is 14.6 Å². The van der Waals surface area contributed by atoms with Gasteiger partial charge in [-0.3, -0.25) is 4.79 Å². The number of aryl methyl sites for hydroxylation is 1. The van der Waals surface area contributed by atoms with Crippen molar-refractivity contribution in [1.29, 1.82) is 0 Å². The minimum absolute atomic E-state index is 0.336. The maximum absolute atomic E-state index is 11.6. The molecule has 0 saturated carbocycles. The highest BCUT2D eigenvalue weighted by Gasteiger charge is 2.22. The normalized spacial score (nSPS) is 12.0. The van der Waals surface area contributed by atoms with Crippen molar-refractivity contribution >= 4 is 17.6 Å². The number of carbonyl (C=O) groups is 1. The summed E-state index contributed by atoms with van der Waals surface area (Å²) in [6.07, 6.45) is 0.336. The molecule has 1 atom stereocenters. The first-order valence-corrected chi connectivity index (χ1v) is 7.01. The van der Waals surface area contributed by atoms with E-state index in [2.05, 4.69) is 0 Å². The van der Waals surface area contributed by atoms with Crippen LogP contribution < -0.4 is 4.74 Å². The Morgan fingerprint density at radius 2 is 2.05 bits per heavy atom. The van der Waals surface area contributed by atoms with E-state index in [0.29, 0.717) is 17.2 Å². The van der Waals surface area contributed by atoms with Gasteiger partial charge in [-0.1, -0.05) is 41.4 Å². The third-order valence-corrected chi connectivity index (χ3v) is 3.64. The average molecular weight is 305 g/mol. The second kappa shape index (κ2) is 6.64. The van der Waals surface area contributed by atoms with E-state index in [0.717, 1.165) is 16.7 Å². The SMILES string of the molecule is COc1ccc(Cl)cc1CC(C(=O)O)c1cccc(C)c1. The van der Waals surface area contributed by atoms with Crippen molar-refractivity contribution in [1.82, 2.24) is 0 Å². The monoisotopic (exact) mass is 304 g/mol. The lowest BCUT2D eigenvalue weighted by atomic mass is 9.91. The van der Waals surface area contributed by atoms with Gasteiger partial charge in [0, 0.05) is 5.02 Å². The Bertz CT molecular complexity index is 652. The Hall–Kier alpha value is -2.00. The molecule has 2 aromatic carbocycles. The van der Waals surface area contributed by atoms with Gasteiger partial charge >= 0.3 is 5.97 Å². The zero-order valence-corrected chi connectivity index (χ0v) is 12.7. The molecular weight excluding hydrogens is 288 g/mol. The van der Waals surface area contributed by atoms with E-state index in [1.165, 1.54) is 0 Å². The molecule has 21 heavy (non-hydrogen) atoms. The molecule has 0 amide bonds. The van der Waals surface area contributed by atoms with Crippen LogP contribution in [0, 0.1) is 6.92 Å². The summed E-state index contributed by atoms with van der Waals surface area (Å²) in [5, 5.41) is 10.1. The molecule has 2 rings (SSSR count). The Kier molecular flexibility index (Phi) is 4.86. The molecule has 0 aliphatic rings. The number of aliphatic carboxylic acids is 1. The van der Waals surface area contributed by atoms with E-state index in [4.69, 9.17) is 16.3 Å². The van der Waals surface area contributed by atoms with E-state index in [9.17, 15) is 9.90 Å². The summed E-state index contributed by atoms with van der Waals surface area (Å²) in [4.78, 5) is 11.6. The van der Waals surface area contributed by atoms with Gasteiger partial charge in [-0.2, -0.15) is 0 Å². The summed E-state index contributed by atoms with van der Waals surface area (Å²) < 4.78 is 5.29. The quantitative estimate of drug-likeness (QED) is 0.906. The van der Waals surface area contributed by atoms with Crippen molar-refractivity contribution in [3.05, 3.63) is 64.2 Å². The standard InChI is InChI=1S/C17H17ClO3/c1-11-4-3-5-12(8-11)15(17(19)20)10-13-9-14(18)6-7-16(13)21-2/h3-9,15H,10H2,1-2H3,(H,19,20). The van der Waals surface area contributed by atoms with E-state index in [-0.39, 0.29) is 0 Å². The van der Waals surface area contributed by atoms with Gasteiger partial charge in [0.1, 0.15) is 5.75 Å². The van der Waals surface area contributed by atoms with Crippen molar-refractivity contribution in [3.63, 3.8) is 0 Å². The van der Waals surface area contributed by atoms with Gasteiger partial charge in [-0.25, -0.2) is 0 Å². The summed E-state index contributed by atoms with van der Waals surface area (Å²) in [7, 11) is 1.56. The zero-order chi connectivity index (χ0) is 15.4. The molecule has 0 saturated heterocycles. The Morgan fingerprint density at radius 3 is 2.67 bits per heavy atom. The second-order valence-electron chi connectivity index (χ2n) is 4.97. The lowest BCUT2D eigenvalue weighted by Crippen LogP contribution is -2.15. The predicted molar refractivity (Wildman–Crippen MR) is 83.3 cm³/mol. The Balaban J connectivity index is 2.37. The number of hydrogen-bond donors (Lipinski definition) is 1. The number of benzene rings is 2. The third-order valence-electron chi connectivity index (χ3n) is 3.41. The van der Waals surface area contributed by atoms with Gasteiger partial charge in [0.25, 0.3) is 0 Å². The van der Waals surface area contributed by atoms with Crippen molar-refractivity contribution in [3.8, 4) is 5.75 Å². The van der Waals surface area contributed by atoms with Crippen LogP contribution in [0.25, 0.3) is 0 Å². The van der Waals surface area contributed by atoms with Crippen molar-refractivity contribution in [2.75, 3.05) is 7.11 Å². The highest BCUT2D eigenvalue weighted by Crippen LogP contribution is 2.29. The molecule has 110 valence electrons. The zero-order valence-electron chi connectivity index (χ0n) is 12.0. The van der Waals surface area contributed by atoms with Crippen LogP contribution in [0.15, 0.2) is 42.5 Å². The van der Waals surface area contributed by atoms with E-state index in [1.807, 2.05) is 31.2 Å². The smallest absolute Gasteiger partial charge is 0.311 e. The van der Waals surface area contributed by atoms with E-state index in [1.54, 1.807) is 25.3 Å². The van der Waals surface area contributed by atoms with Gasteiger partial charge in [0.15, 0.2) is 0 Å². The topological polar surface area (TPSA) is 46.5 Å². The number of halogens is 1. The Morgan fingerprint density at radius 1 is 1.29 bits per heavy atom. The molecule has 3 nitrogen and oxygen atoms in total. The van der Waals surface area contributed by atoms with Crippen LogP contribution in [-0.2, 0) is 11.2 Å². The highest BCUT2D eigenvalue weighted by atomic mass is 35.5. The number of ether oxygens (including phenoxy) is 1. The molecule has 0 bridgehead atoms. The molecule has 0 fully saturated rings. The van der Waals surface area contributed by atoms with Crippen LogP contribution in [0.5, 0.6) is 5.75 Å². The van der Waals surface area contributed by atoms with Gasteiger partial charge in [-0.05, 0) is 42.7 Å². The van der Waals surface area contributed by atoms with Gasteiger partial charge in [0.2, 0.25) is 0 Å². The predicted octanol–water partition coefficient (Wildman–Crippen LogP) is 4.07. The fraction of sp³-hybridized carbons (Fsp3) is 0.235. The number of hydrogen-bond acceptors (Lipinski definition) is 2. The molecule has 1 N–H and O–H groups in total. The average Bonchev–Trinajstić information content (AvgIpc) is 2.44. The lowest BCUT2D eigenvalue weighted by molar-refractivity contribution is -0.138. The van der Waals surface area contributed by atoms with Gasteiger partial charge < -0.3 is 9.84 Å². The van der Waals surface area contributed by atoms with E-state index >= 15 is 0 Å². The molecule has 0 spiro atoms. The second-order valence-corrected chi connectivity index (χ2v) is 5.40. The van der Waals surface area contributed by atoms with Crippen LogP contribution in [0.4, 0.5) is 0 Å². The Labute approximate surface area is 129 Å². The minimum Gasteiger partial charge on any atom is -0.496 e. The fourth-order valence-electron chi connectivity index (χ4n) is 2.36. The van der Waals surface area contributed by atoms with Crippen molar-refractivity contribution in [2.24, 2.45) is 0 Å².